The second kappa shape index (κ2) is 7.58. The summed E-state index contributed by atoms with van der Waals surface area (Å²) in [5, 5.41) is 5.19. The van der Waals surface area contributed by atoms with Gasteiger partial charge in [-0.15, -0.1) is 0 Å². The van der Waals surface area contributed by atoms with Gasteiger partial charge in [-0.05, 0) is 37.1 Å². The van der Waals surface area contributed by atoms with Crippen LogP contribution in [0.5, 0.6) is 0 Å². The summed E-state index contributed by atoms with van der Waals surface area (Å²) in [7, 11) is 0. The van der Waals surface area contributed by atoms with Gasteiger partial charge >= 0.3 is 0 Å². The van der Waals surface area contributed by atoms with Crippen LogP contribution in [-0.4, -0.2) is 53.3 Å². The Morgan fingerprint density at radius 1 is 1.24 bits per heavy atom. The van der Waals surface area contributed by atoms with Crippen molar-refractivity contribution in [2.24, 2.45) is 0 Å². The number of piperazine rings is 1. The molecule has 2 aromatic rings. The average molecular weight is 362 g/mol. The minimum absolute atomic E-state index is 0.0964. The lowest BCUT2D eigenvalue weighted by Crippen LogP contribution is -3.14. The van der Waals surface area contributed by atoms with E-state index >= 15 is 0 Å². The maximum absolute atomic E-state index is 13.1. The quantitative estimate of drug-likeness (QED) is 0.905. The molecule has 0 radical (unpaired) electrons. The highest BCUT2D eigenvalue weighted by Gasteiger charge is 2.28. The molecule has 1 amide bonds. The van der Waals surface area contributed by atoms with Crippen LogP contribution in [0.1, 0.15) is 42.7 Å². The third kappa shape index (κ3) is 3.72. The van der Waals surface area contributed by atoms with E-state index in [4.69, 9.17) is 11.6 Å². The number of likely N-dealkylation sites (N-methyl/N-ethyl adjacent to an activating group) is 1. The van der Waals surface area contributed by atoms with Crippen LogP contribution in [0.4, 0.5) is 0 Å². The molecule has 1 fully saturated rings. The molecule has 0 saturated carbocycles. The van der Waals surface area contributed by atoms with E-state index in [0.717, 1.165) is 44.1 Å². The number of rotatable bonds is 4. The highest BCUT2D eigenvalue weighted by molar-refractivity contribution is 6.30. The zero-order chi connectivity index (χ0) is 18.0. The summed E-state index contributed by atoms with van der Waals surface area (Å²) in [5.74, 6) is 0.291. The Kier molecular flexibility index (Phi) is 5.45. The molecule has 134 valence electrons. The van der Waals surface area contributed by atoms with Crippen molar-refractivity contribution in [2.45, 2.75) is 26.7 Å². The van der Waals surface area contributed by atoms with E-state index in [1.54, 1.807) is 11.1 Å². The first kappa shape index (κ1) is 18.0. The fourth-order valence-electron chi connectivity index (χ4n) is 3.42. The molecule has 0 spiro atoms. The standard InChI is InChI=1S/C19H25ClN4O/c1-4-22-9-11-23(12-10-22)19(25)17-13-21-24(18(17)14(2)3)16-7-5-15(20)6-8-16/h5-8,13-14H,4,9-12H2,1-3H3/p+1. The summed E-state index contributed by atoms with van der Waals surface area (Å²) in [5.41, 5.74) is 2.59. The number of benzene rings is 1. The van der Waals surface area contributed by atoms with Gasteiger partial charge in [-0.3, -0.25) is 4.79 Å². The predicted octanol–water partition coefficient (Wildman–Crippen LogP) is 2.01. The second-order valence-electron chi connectivity index (χ2n) is 6.88. The van der Waals surface area contributed by atoms with Gasteiger partial charge < -0.3 is 9.80 Å². The fraction of sp³-hybridized carbons (Fsp3) is 0.474. The molecule has 1 aromatic heterocycles. The third-order valence-electron chi connectivity index (χ3n) is 4.91. The molecule has 3 rings (SSSR count). The number of halogens is 1. The van der Waals surface area contributed by atoms with Crippen molar-refractivity contribution in [3.05, 3.63) is 46.7 Å². The molecule has 6 heteroatoms. The Bertz CT molecular complexity index is 730. The van der Waals surface area contributed by atoms with Gasteiger partial charge in [-0.25, -0.2) is 4.68 Å². The lowest BCUT2D eigenvalue weighted by molar-refractivity contribution is -0.902. The summed E-state index contributed by atoms with van der Waals surface area (Å²) in [6.45, 7) is 11.2. The molecule has 1 aromatic carbocycles. The first-order valence-corrected chi connectivity index (χ1v) is 9.35. The molecule has 0 unspecified atom stereocenters. The predicted molar refractivity (Wildman–Crippen MR) is 99.8 cm³/mol. The smallest absolute Gasteiger partial charge is 0.257 e. The Hall–Kier alpha value is -1.85. The highest BCUT2D eigenvalue weighted by atomic mass is 35.5. The van der Waals surface area contributed by atoms with E-state index in [2.05, 4.69) is 25.9 Å². The van der Waals surface area contributed by atoms with Crippen LogP contribution in [0, 0.1) is 0 Å². The van der Waals surface area contributed by atoms with Gasteiger partial charge in [0.15, 0.2) is 0 Å². The molecule has 1 aliphatic heterocycles. The van der Waals surface area contributed by atoms with Gasteiger partial charge in [-0.1, -0.05) is 25.4 Å². The number of carbonyl (C=O) groups excluding carboxylic acids is 1. The van der Waals surface area contributed by atoms with Crippen LogP contribution in [-0.2, 0) is 0 Å². The molecule has 0 atom stereocenters. The molecular formula is C19H26ClN4O+. The van der Waals surface area contributed by atoms with E-state index in [0.29, 0.717) is 10.6 Å². The van der Waals surface area contributed by atoms with Gasteiger partial charge in [0.25, 0.3) is 5.91 Å². The number of hydrogen-bond acceptors (Lipinski definition) is 2. The Morgan fingerprint density at radius 2 is 1.88 bits per heavy atom. The zero-order valence-corrected chi connectivity index (χ0v) is 15.9. The molecule has 5 nitrogen and oxygen atoms in total. The van der Waals surface area contributed by atoms with Gasteiger partial charge in [-0.2, -0.15) is 5.10 Å². The molecular weight excluding hydrogens is 336 g/mol. The van der Waals surface area contributed by atoms with Crippen molar-refractivity contribution in [3.8, 4) is 5.69 Å². The van der Waals surface area contributed by atoms with Crippen LogP contribution < -0.4 is 4.90 Å². The summed E-state index contributed by atoms with van der Waals surface area (Å²) in [6.07, 6.45) is 1.71. The molecule has 0 aliphatic carbocycles. The van der Waals surface area contributed by atoms with Crippen LogP contribution >= 0.6 is 11.6 Å². The number of quaternary nitrogens is 1. The third-order valence-corrected chi connectivity index (χ3v) is 5.16. The molecule has 1 saturated heterocycles. The maximum atomic E-state index is 13.1. The molecule has 2 heterocycles. The van der Waals surface area contributed by atoms with Gasteiger partial charge in [0.1, 0.15) is 0 Å². The summed E-state index contributed by atoms with van der Waals surface area (Å²) < 4.78 is 1.86. The van der Waals surface area contributed by atoms with E-state index in [-0.39, 0.29) is 11.8 Å². The van der Waals surface area contributed by atoms with Crippen molar-refractivity contribution in [1.29, 1.82) is 0 Å². The van der Waals surface area contributed by atoms with E-state index < -0.39 is 0 Å². The summed E-state index contributed by atoms with van der Waals surface area (Å²) in [4.78, 5) is 16.6. The monoisotopic (exact) mass is 361 g/mol. The van der Waals surface area contributed by atoms with Crippen molar-refractivity contribution in [2.75, 3.05) is 32.7 Å². The number of hydrogen-bond donors (Lipinski definition) is 1. The molecule has 25 heavy (non-hydrogen) atoms. The average Bonchev–Trinajstić information content (AvgIpc) is 3.07. The van der Waals surface area contributed by atoms with E-state index in [1.165, 1.54) is 0 Å². The second-order valence-corrected chi connectivity index (χ2v) is 7.32. The zero-order valence-electron chi connectivity index (χ0n) is 15.1. The van der Waals surface area contributed by atoms with Gasteiger partial charge in [0.2, 0.25) is 0 Å². The number of aromatic nitrogens is 2. The SMILES string of the molecule is CC[NH+]1CCN(C(=O)c2cnn(-c3ccc(Cl)cc3)c2C(C)C)CC1. The van der Waals surface area contributed by atoms with Gasteiger partial charge in [0, 0.05) is 5.02 Å². The van der Waals surface area contributed by atoms with Crippen LogP contribution in [0.15, 0.2) is 30.5 Å². The van der Waals surface area contributed by atoms with Crippen molar-refractivity contribution in [1.82, 2.24) is 14.7 Å². The van der Waals surface area contributed by atoms with Crippen molar-refractivity contribution in [3.63, 3.8) is 0 Å². The highest BCUT2D eigenvalue weighted by Crippen LogP contribution is 2.25. The minimum Gasteiger partial charge on any atom is -0.332 e. The Labute approximate surface area is 154 Å². The number of nitrogens with one attached hydrogen (secondary N) is 1. The topological polar surface area (TPSA) is 42.6 Å². The van der Waals surface area contributed by atoms with Crippen molar-refractivity contribution < 1.29 is 9.69 Å². The van der Waals surface area contributed by atoms with E-state index in [1.807, 2.05) is 33.8 Å². The first-order chi connectivity index (χ1) is 12.0. The minimum atomic E-state index is 0.0964. The van der Waals surface area contributed by atoms with Crippen LogP contribution in [0.2, 0.25) is 5.02 Å². The summed E-state index contributed by atoms with van der Waals surface area (Å²) in [6, 6.07) is 7.55. The fourth-order valence-corrected chi connectivity index (χ4v) is 3.54. The molecule has 0 bridgehead atoms. The maximum Gasteiger partial charge on any atom is 0.257 e. The first-order valence-electron chi connectivity index (χ1n) is 8.98. The Balaban J connectivity index is 1.89. The van der Waals surface area contributed by atoms with Gasteiger partial charge in [0.05, 0.1) is 55.9 Å². The number of amides is 1. The molecule has 1 aliphatic rings. The lowest BCUT2D eigenvalue weighted by Gasteiger charge is -2.31. The summed E-state index contributed by atoms with van der Waals surface area (Å²) >= 11 is 5.99. The van der Waals surface area contributed by atoms with E-state index in [9.17, 15) is 4.79 Å². The Morgan fingerprint density at radius 3 is 2.44 bits per heavy atom. The van der Waals surface area contributed by atoms with Crippen LogP contribution in [0.25, 0.3) is 5.69 Å². The largest absolute Gasteiger partial charge is 0.332 e. The normalized spacial score (nSPS) is 15.8. The van der Waals surface area contributed by atoms with Crippen LogP contribution in [0.3, 0.4) is 0 Å². The number of carbonyl (C=O) groups is 1. The van der Waals surface area contributed by atoms with Crippen molar-refractivity contribution >= 4 is 17.5 Å². The molecule has 1 N–H and O–H groups in total. The lowest BCUT2D eigenvalue weighted by atomic mass is 10.0. The number of nitrogens with zero attached hydrogens (tertiary/aromatic N) is 3.